The van der Waals surface area contributed by atoms with Crippen LogP contribution in [0.5, 0.6) is 0 Å². The van der Waals surface area contributed by atoms with Gasteiger partial charge in [0.2, 0.25) is 17.7 Å². The lowest BCUT2D eigenvalue weighted by atomic mass is 9.89. The zero-order valence-electron chi connectivity index (χ0n) is 19.0. The predicted octanol–water partition coefficient (Wildman–Crippen LogP) is 2.73. The molecule has 0 bridgehead atoms. The smallest absolute Gasteiger partial charge is 0.323 e. The van der Waals surface area contributed by atoms with Gasteiger partial charge in [-0.3, -0.25) is 9.59 Å². The van der Waals surface area contributed by atoms with E-state index >= 15 is 0 Å². The van der Waals surface area contributed by atoms with Gasteiger partial charge in [-0.25, -0.2) is 4.79 Å². The second-order valence-corrected chi connectivity index (χ2v) is 8.86. The van der Waals surface area contributed by atoms with E-state index in [-0.39, 0.29) is 30.0 Å². The van der Waals surface area contributed by atoms with Crippen molar-refractivity contribution in [3.05, 3.63) is 46.0 Å². The summed E-state index contributed by atoms with van der Waals surface area (Å²) >= 11 is 0. The SMILES string of the molecule is CC(=O)NC1(c2noc(CCC(=O)NC(C)c3ccc4[nH]c(=O)[nH]c4c3)n2)CCCCCC1. The fourth-order valence-electron chi connectivity index (χ4n) is 4.56. The molecule has 1 atom stereocenters. The van der Waals surface area contributed by atoms with Crippen molar-refractivity contribution in [3.63, 3.8) is 0 Å². The maximum atomic E-state index is 12.5. The number of benzene rings is 1. The van der Waals surface area contributed by atoms with E-state index in [0.717, 1.165) is 49.6 Å². The Morgan fingerprint density at radius 1 is 1.15 bits per heavy atom. The largest absolute Gasteiger partial charge is 0.350 e. The summed E-state index contributed by atoms with van der Waals surface area (Å²) in [5.74, 6) is 0.625. The number of carbonyl (C=O) groups is 2. The predicted molar refractivity (Wildman–Crippen MR) is 121 cm³/mol. The lowest BCUT2D eigenvalue weighted by Crippen LogP contribution is -2.45. The molecular formula is C23H30N6O4. The number of rotatable bonds is 7. The number of hydrogen-bond acceptors (Lipinski definition) is 6. The Hall–Kier alpha value is -3.43. The first-order chi connectivity index (χ1) is 15.8. The van der Waals surface area contributed by atoms with Crippen molar-refractivity contribution in [1.82, 2.24) is 30.7 Å². The Kier molecular flexibility index (Phi) is 6.62. The Morgan fingerprint density at radius 3 is 2.61 bits per heavy atom. The average molecular weight is 455 g/mol. The number of imidazole rings is 1. The topological polar surface area (TPSA) is 146 Å². The van der Waals surface area contributed by atoms with Gasteiger partial charge in [-0.05, 0) is 37.5 Å². The molecule has 1 fully saturated rings. The number of amides is 2. The Labute approximate surface area is 190 Å². The molecule has 10 heteroatoms. The molecule has 0 saturated heterocycles. The minimum atomic E-state index is -0.599. The number of hydrogen-bond donors (Lipinski definition) is 4. The van der Waals surface area contributed by atoms with Gasteiger partial charge in [0.25, 0.3) is 0 Å². The second kappa shape index (κ2) is 9.60. The van der Waals surface area contributed by atoms with Crippen molar-refractivity contribution in [2.75, 3.05) is 0 Å². The normalized spacial score (nSPS) is 16.8. The highest BCUT2D eigenvalue weighted by molar-refractivity contribution is 5.78. The third-order valence-corrected chi connectivity index (χ3v) is 6.25. The standard InChI is InChI=1S/C23H30N6O4/c1-14(16-7-8-17-18(13-16)26-22(32)25-17)24-19(31)9-10-20-27-21(29-33-20)23(28-15(2)30)11-5-3-4-6-12-23/h7-8,13-14H,3-6,9-12H2,1-2H3,(H,24,31)(H,28,30)(H2,25,26,32). The Morgan fingerprint density at radius 2 is 1.88 bits per heavy atom. The number of nitrogens with one attached hydrogen (secondary N) is 4. The summed E-state index contributed by atoms with van der Waals surface area (Å²) in [6.45, 7) is 3.39. The first-order valence-electron chi connectivity index (χ1n) is 11.5. The van der Waals surface area contributed by atoms with Crippen molar-refractivity contribution >= 4 is 22.8 Å². The minimum absolute atomic E-state index is 0.112. The van der Waals surface area contributed by atoms with Crippen LogP contribution in [0.2, 0.25) is 0 Å². The molecule has 3 aromatic rings. The molecule has 176 valence electrons. The van der Waals surface area contributed by atoms with E-state index < -0.39 is 5.54 Å². The fraction of sp³-hybridized carbons (Fsp3) is 0.522. The van der Waals surface area contributed by atoms with E-state index in [0.29, 0.717) is 23.7 Å². The van der Waals surface area contributed by atoms with Crippen LogP contribution in [0.25, 0.3) is 11.0 Å². The van der Waals surface area contributed by atoms with Gasteiger partial charge in [0.05, 0.1) is 17.1 Å². The van der Waals surface area contributed by atoms with Crippen molar-refractivity contribution in [2.45, 2.75) is 76.8 Å². The van der Waals surface area contributed by atoms with Crippen LogP contribution in [0.15, 0.2) is 27.5 Å². The van der Waals surface area contributed by atoms with Gasteiger partial charge < -0.3 is 25.1 Å². The molecule has 0 spiro atoms. The van der Waals surface area contributed by atoms with E-state index in [9.17, 15) is 14.4 Å². The molecule has 1 saturated carbocycles. The van der Waals surface area contributed by atoms with E-state index in [1.807, 2.05) is 25.1 Å². The van der Waals surface area contributed by atoms with Crippen LogP contribution in [-0.2, 0) is 21.5 Å². The van der Waals surface area contributed by atoms with Gasteiger partial charge in [-0.1, -0.05) is 36.9 Å². The first-order valence-corrected chi connectivity index (χ1v) is 11.5. The fourth-order valence-corrected chi connectivity index (χ4v) is 4.56. The molecule has 2 aromatic heterocycles. The van der Waals surface area contributed by atoms with E-state index in [2.05, 4.69) is 30.7 Å². The number of aryl methyl sites for hydroxylation is 1. The average Bonchev–Trinajstić information content (AvgIpc) is 3.32. The summed E-state index contributed by atoms with van der Waals surface area (Å²) in [5.41, 5.74) is 1.45. The lowest BCUT2D eigenvalue weighted by Gasteiger charge is -2.30. The number of aromatic amines is 2. The van der Waals surface area contributed by atoms with Gasteiger partial charge in [0.1, 0.15) is 5.54 Å². The molecular weight excluding hydrogens is 424 g/mol. The van der Waals surface area contributed by atoms with E-state index in [4.69, 9.17) is 4.52 Å². The quantitative estimate of drug-likeness (QED) is 0.404. The van der Waals surface area contributed by atoms with Crippen LogP contribution in [0.3, 0.4) is 0 Å². The maximum Gasteiger partial charge on any atom is 0.323 e. The van der Waals surface area contributed by atoms with Gasteiger partial charge >= 0.3 is 5.69 Å². The third-order valence-electron chi connectivity index (χ3n) is 6.25. The third kappa shape index (κ3) is 5.32. The first kappa shape index (κ1) is 22.8. The number of carbonyl (C=O) groups excluding carboxylic acids is 2. The maximum absolute atomic E-state index is 12.5. The highest BCUT2D eigenvalue weighted by atomic mass is 16.5. The monoisotopic (exact) mass is 454 g/mol. The zero-order chi connectivity index (χ0) is 23.4. The summed E-state index contributed by atoms with van der Waals surface area (Å²) in [6, 6.07) is 5.29. The summed E-state index contributed by atoms with van der Waals surface area (Å²) < 4.78 is 5.43. The minimum Gasteiger partial charge on any atom is -0.350 e. The van der Waals surface area contributed by atoms with Crippen LogP contribution in [0.4, 0.5) is 0 Å². The van der Waals surface area contributed by atoms with Crippen LogP contribution >= 0.6 is 0 Å². The molecule has 1 aliphatic rings. The van der Waals surface area contributed by atoms with Crippen molar-refractivity contribution in [1.29, 1.82) is 0 Å². The van der Waals surface area contributed by atoms with E-state index in [1.54, 1.807) is 0 Å². The molecule has 2 heterocycles. The van der Waals surface area contributed by atoms with Crippen LogP contribution in [0.1, 0.15) is 82.1 Å². The van der Waals surface area contributed by atoms with Gasteiger partial charge in [0, 0.05) is 19.8 Å². The van der Waals surface area contributed by atoms with Crippen molar-refractivity contribution < 1.29 is 14.1 Å². The molecule has 10 nitrogen and oxygen atoms in total. The number of H-pyrrole nitrogens is 2. The Bertz CT molecular complexity index is 1180. The highest BCUT2D eigenvalue weighted by Crippen LogP contribution is 2.34. The molecule has 33 heavy (non-hydrogen) atoms. The Balaban J connectivity index is 1.37. The summed E-state index contributed by atoms with van der Waals surface area (Å²) in [7, 11) is 0. The van der Waals surface area contributed by atoms with Gasteiger partial charge in [0.15, 0.2) is 5.82 Å². The molecule has 4 N–H and O–H groups in total. The van der Waals surface area contributed by atoms with Gasteiger partial charge in [-0.2, -0.15) is 4.98 Å². The lowest BCUT2D eigenvalue weighted by molar-refractivity contribution is -0.122. The molecule has 0 radical (unpaired) electrons. The van der Waals surface area contributed by atoms with Crippen LogP contribution in [-0.4, -0.2) is 31.9 Å². The van der Waals surface area contributed by atoms with Crippen LogP contribution in [0, 0.1) is 0 Å². The van der Waals surface area contributed by atoms with Crippen molar-refractivity contribution in [2.24, 2.45) is 0 Å². The zero-order valence-corrected chi connectivity index (χ0v) is 19.0. The molecule has 1 unspecified atom stereocenters. The summed E-state index contributed by atoms with van der Waals surface area (Å²) in [4.78, 5) is 45.8. The van der Waals surface area contributed by atoms with Gasteiger partial charge in [-0.15, -0.1) is 0 Å². The number of nitrogens with zero attached hydrogens (tertiary/aromatic N) is 2. The van der Waals surface area contributed by atoms with Crippen LogP contribution < -0.4 is 16.3 Å². The molecule has 0 aliphatic heterocycles. The second-order valence-electron chi connectivity index (χ2n) is 8.86. The van der Waals surface area contributed by atoms with E-state index in [1.165, 1.54) is 6.92 Å². The number of fused-ring (bicyclic) bond motifs is 1. The van der Waals surface area contributed by atoms with Crippen molar-refractivity contribution in [3.8, 4) is 0 Å². The highest BCUT2D eigenvalue weighted by Gasteiger charge is 2.38. The molecule has 4 rings (SSSR count). The molecule has 2 amide bonds. The number of aromatic nitrogens is 4. The molecule has 1 aliphatic carbocycles. The summed E-state index contributed by atoms with van der Waals surface area (Å²) in [5, 5.41) is 10.2. The summed E-state index contributed by atoms with van der Waals surface area (Å²) in [6.07, 6.45) is 6.30. The molecule has 1 aromatic carbocycles.